The maximum absolute atomic E-state index is 4.55. The van der Waals surface area contributed by atoms with E-state index in [1.807, 2.05) is 36.8 Å². The van der Waals surface area contributed by atoms with Crippen molar-refractivity contribution >= 4 is 37.9 Å². The molecular formula is C30H45N7S3. The second-order valence-electron chi connectivity index (χ2n) is 9.80. The molecule has 0 radical (unpaired) electrons. The van der Waals surface area contributed by atoms with E-state index in [1.165, 1.54) is 0 Å². The normalized spacial score (nSPS) is 11.8. The van der Waals surface area contributed by atoms with Crippen LogP contribution < -0.4 is 0 Å². The van der Waals surface area contributed by atoms with Crippen molar-refractivity contribution in [1.82, 2.24) is 34.6 Å². The van der Waals surface area contributed by atoms with Gasteiger partial charge in [-0.15, -0.1) is 0 Å². The Morgan fingerprint density at radius 1 is 0.400 bits per heavy atom. The van der Waals surface area contributed by atoms with Crippen molar-refractivity contribution in [1.29, 1.82) is 0 Å². The fourth-order valence-corrected chi connectivity index (χ4v) is 5.43. The largest absolute Gasteiger partial charge is 0.300 e. The van der Waals surface area contributed by atoms with Gasteiger partial charge in [0.05, 0.1) is 17.1 Å². The molecule has 0 atom stereocenters. The van der Waals surface area contributed by atoms with Gasteiger partial charge in [-0.05, 0) is 36.4 Å². The van der Waals surface area contributed by atoms with Crippen molar-refractivity contribution in [3.8, 4) is 0 Å². The number of aromatic nitrogens is 3. The Kier molecular flexibility index (Phi) is 16.6. The molecule has 0 aliphatic carbocycles. The van der Waals surface area contributed by atoms with Gasteiger partial charge in [0, 0.05) is 114 Å². The molecule has 3 rings (SSSR count). The molecule has 0 aliphatic rings. The molecule has 3 aromatic rings. The number of thiol groups is 3. The molecule has 0 saturated carbocycles. The van der Waals surface area contributed by atoms with Crippen LogP contribution in [0.2, 0.25) is 0 Å². The highest BCUT2D eigenvalue weighted by Crippen LogP contribution is 2.07. The van der Waals surface area contributed by atoms with Gasteiger partial charge in [0.25, 0.3) is 0 Å². The van der Waals surface area contributed by atoms with Gasteiger partial charge in [-0.3, -0.25) is 34.6 Å². The standard InChI is InChI=1S/C30H45N7S3/c38-22-19-35(25-28-7-1-4-10-31-28)16-13-34(14-17-36(20-23-39)26-29-8-2-5-11-32-29)15-18-37(21-24-40)27-30-9-3-6-12-33-30/h1-12,38-40H,13-27H2. The van der Waals surface area contributed by atoms with E-state index in [9.17, 15) is 0 Å². The molecular weight excluding hydrogens is 555 g/mol. The molecule has 0 spiro atoms. The van der Waals surface area contributed by atoms with Crippen molar-refractivity contribution in [2.75, 3.05) is 76.2 Å². The maximum Gasteiger partial charge on any atom is 0.0543 e. The summed E-state index contributed by atoms with van der Waals surface area (Å²) in [4.78, 5) is 23.6. The predicted molar refractivity (Wildman–Crippen MR) is 177 cm³/mol. The third-order valence-corrected chi connectivity index (χ3v) is 7.38. The van der Waals surface area contributed by atoms with Crippen molar-refractivity contribution in [2.24, 2.45) is 0 Å². The quantitative estimate of drug-likeness (QED) is 0.161. The van der Waals surface area contributed by atoms with Crippen LogP contribution in [-0.4, -0.2) is 111 Å². The average Bonchev–Trinajstić information content (AvgIpc) is 2.98. The van der Waals surface area contributed by atoms with Crippen molar-refractivity contribution in [2.45, 2.75) is 19.6 Å². The fourth-order valence-electron chi connectivity index (χ4n) is 4.58. The van der Waals surface area contributed by atoms with Crippen LogP contribution in [-0.2, 0) is 19.6 Å². The maximum atomic E-state index is 4.55. The molecule has 40 heavy (non-hydrogen) atoms. The van der Waals surface area contributed by atoms with E-state index in [4.69, 9.17) is 0 Å². The summed E-state index contributed by atoms with van der Waals surface area (Å²) in [6.07, 6.45) is 5.61. The van der Waals surface area contributed by atoms with Crippen LogP contribution in [0.15, 0.2) is 73.2 Å². The Morgan fingerprint density at radius 2 is 0.700 bits per heavy atom. The van der Waals surface area contributed by atoms with E-state index in [1.54, 1.807) is 0 Å². The lowest BCUT2D eigenvalue weighted by Gasteiger charge is -2.31. The van der Waals surface area contributed by atoms with Crippen LogP contribution in [0.5, 0.6) is 0 Å². The number of hydrogen-bond donors (Lipinski definition) is 3. The SMILES string of the molecule is SCCN(CCN(CCN(CCS)Cc1ccccn1)CCN(CCS)Cc1ccccn1)Cc1ccccn1. The summed E-state index contributed by atoms with van der Waals surface area (Å²) in [6, 6.07) is 18.4. The number of nitrogens with zero attached hydrogens (tertiary/aromatic N) is 7. The third-order valence-electron chi connectivity index (χ3n) is 6.78. The van der Waals surface area contributed by atoms with Gasteiger partial charge in [0.15, 0.2) is 0 Å². The molecule has 0 N–H and O–H groups in total. The van der Waals surface area contributed by atoms with Gasteiger partial charge in [0.1, 0.15) is 0 Å². The average molecular weight is 600 g/mol. The van der Waals surface area contributed by atoms with Gasteiger partial charge in [-0.1, -0.05) is 18.2 Å². The van der Waals surface area contributed by atoms with E-state index in [0.29, 0.717) is 0 Å². The minimum atomic E-state index is 0.826. The zero-order valence-electron chi connectivity index (χ0n) is 23.5. The summed E-state index contributed by atoms with van der Waals surface area (Å²) >= 11 is 13.6. The Hall–Kier alpha value is -1.66. The fraction of sp³-hybridized carbons (Fsp3) is 0.500. The van der Waals surface area contributed by atoms with Gasteiger partial charge in [-0.25, -0.2) is 0 Å². The first-order chi connectivity index (χ1) is 19.7. The third kappa shape index (κ3) is 13.3. The van der Waals surface area contributed by atoms with Gasteiger partial charge in [-0.2, -0.15) is 37.9 Å². The zero-order valence-corrected chi connectivity index (χ0v) is 26.2. The molecule has 0 saturated heterocycles. The summed E-state index contributed by atoms with van der Waals surface area (Å²) in [5, 5.41) is 0. The van der Waals surface area contributed by atoms with E-state index in [-0.39, 0.29) is 0 Å². The lowest BCUT2D eigenvalue weighted by atomic mass is 10.3. The highest BCUT2D eigenvalue weighted by atomic mass is 32.1. The Bertz CT molecular complexity index is 886. The smallest absolute Gasteiger partial charge is 0.0543 e. The summed E-state index contributed by atoms with van der Waals surface area (Å²) < 4.78 is 0. The Balaban J connectivity index is 1.64. The molecule has 7 nitrogen and oxygen atoms in total. The van der Waals surface area contributed by atoms with E-state index >= 15 is 0 Å². The highest BCUT2D eigenvalue weighted by Gasteiger charge is 2.15. The van der Waals surface area contributed by atoms with Crippen LogP contribution in [0.1, 0.15) is 17.1 Å². The topological polar surface area (TPSA) is 51.6 Å². The molecule has 0 amide bonds. The van der Waals surface area contributed by atoms with Crippen molar-refractivity contribution in [3.05, 3.63) is 90.3 Å². The first kappa shape index (κ1) is 32.8. The molecule has 0 bridgehead atoms. The first-order valence-corrected chi connectivity index (χ1v) is 16.0. The first-order valence-electron chi connectivity index (χ1n) is 14.1. The van der Waals surface area contributed by atoms with E-state index in [0.717, 1.165) is 113 Å². The summed E-state index contributed by atoms with van der Waals surface area (Å²) in [7, 11) is 0. The summed E-state index contributed by atoms with van der Waals surface area (Å²) in [5.41, 5.74) is 3.30. The number of pyridine rings is 3. The van der Waals surface area contributed by atoms with Crippen molar-refractivity contribution < 1.29 is 0 Å². The van der Waals surface area contributed by atoms with E-state index < -0.39 is 0 Å². The molecule has 3 heterocycles. The molecule has 10 heteroatoms. The summed E-state index contributed by atoms with van der Waals surface area (Å²) in [6.45, 7) is 11.2. The predicted octanol–water partition coefficient (Wildman–Crippen LogP) is 3.77. The molecule has 0 unspecified atom stereocenters. The second-order valence-corrected chi connectivity index (χ2v) is 11.1. The van der Waals surface area contributed by atoms with Crippen LogP contribution in [0.4, 0.5) is 0 Å². The van der Waals surface area contributed by atoms with Crippen LogP contribution in [0.3, 0.4) is 0 Å². The van der Waals surface area contributed by atoms with E-state index in [2.05, 4.69) is 109 Å². The van der Waals surface area contributed by atoms with Crippen LogP contribution in [0.25, 0.3) is 0 Å². The van der Waals surface area contributed by atoms with Gasteiger partial charge < -0.3 is 0 Å². The number of rotatable bonds is 21. The molecule has 3 aromatic heterocycles. The molecule has 0 aliphatic heterocycles. The minimum Gasteiger partial charge on any atom is -0.300 e. The van der Waals surface area contributed by atoms with Gasteiger partial charge in [0.2, 0.25) is 0 Å². The second kappa shape index (κ2) is 20.3. The Morgan fingerprint density at radius 3 is 0.950 bits per heavy atom. The lowest BCUT2D eigenvalue weighted by Crippen LogP contribution is -2.43. The van der Waals surface area contributed by atoms with Crippen molar-refractivity contribution in [3.63, 3.8) is 0 Å². The molecule has 0 fully saturated rings. The monoisotopic (exact) mass is 599 g/mol. The molecule has 0 aromatic carbocycles. The van der Waals surface area contributed by atoms with Crippen LogP contribution >= 0.6 is 37.9 Å². The zero-order chi connectivity index (χ0) is 28.3. The number of hydrogen-bond acceptors (Lipinski definition) is 10. The van der Waals surface area contributed by atoms with Gasteiger partial charge >= 0.3 is 0 Å². The summed E-state index contributed by atoms with van der Waals surface area (Å²) in [5.74, 6) is 2.48. The lowest BCUT2D eigenvalue weighted by molar-refractivity contribution is 0.154. The van der Waals surface area contributed by atoms with Crippen LogP contribution in [0, 0.1) is 0 Å². The highest BCUT2D eigenvalue weighted by molar-refractivity contribution is 7.80. The Labute approximate surface area is 257 Å². The minimum absolute atomic E-state index is 0.826. The molecule has 218 valence electrons.